The quantitative estimate of drug-likeness (QED) is 0.624. The zero-order valence-corrected chi connectivity index (χ0v) is 18.3. The van der Waals surface area contributed by atoms with Gasteiger partial charge in [0.25, 0.3) is 0 Å². The van der Waals surface area contributed by atoms with E-state index in [1.165, 1.54) is 12.1 Å². The Labute approximate surface area is 185 Å². The summed E-state index contributed by atoms with van der Waals surface area (Å²) in [6.45, 7) is 0.0306. The number of halogens is 2. The molecule has 1 fully saturated rings. The van der Waals surface area contributed by atoms with Gasteiger partial charge in [-0.05, 0) is 49.2 Å². The monoisotopic (exact) mass is 466 g/mol. The second-order valence-electron chi connectivity index (χ2n) is 7.08. The Morgan fingerprint density at radius 3 is 2.50 bits per heavy atom. The van der Waals surface area contributed by atoms with Crippen molar-refractivity contribution in [3.8, 4) is 11.8 Å². The molecule has 6 nitrogen and oxygen atoms in total. The van der Waals surface area contributed by atoms with E-state index in [-0.39, 0.29) is 47.7 Å². The Balaban J connectivity index is 1.80. The standard InChI is InChI=1S/C21H20Cl2N2O4S/c22-15-5-7-16(8-6-15)29-13-14-11-17(12-18(14)21(26)25-10-9-24)30(27,28)20-4-2-1-3-19(20)23/h1-8,14,17-18H,10-13H2,(H,25,26)/t14-,17-,18+/m0/s1. The van der Waals surface area contributed by atoms with Gasteiger partial charge in [0.05, 0.1) is 27.8 Å². The number of ether oxygens (including phenoxy) is 1. The minimum Gasteiger partial charge on any atom is -0.493 e. The van der Waals surface area contributed by atoms with Crippen molar-refractivity contribution in [2.45, 2.75) is 23.0 Å². The van der Waals surface area contributed by atoms with Crippen molar-refractivity contribution < 1.29 is 17.9 Å². The molecular weight excluding hydrogens is 447 g/mol. The molecular formula is C21H20Cl2N2O4S. The number of benzene rings is 2. The number of carbonyl (C=O) groups is 1. The van der Waals surface area contributed by atoms with Crippen LogP contribution in [0.1, 0.15) is 12.8 Å². The van der Waals surface area contributed by atoms with Crippen LogP contribution in [-0.2, 0) is 14.6 Å². The van der Waals surface area contributed by atoms with E-state index in [4.69, 9.17) is 33.2 Å². The van der Waals surface area contributed by atoms with Gasteiger partial charge < -0.3 is 10.1 Å². The SMILES string of the molecule is N#CCNC(=O)[C@@H]1C[C@@H](S(=O)(=O)c2ccccc2Cl)C[C@H]1COc1ccc(Cl)cc1. The van der Waals surface area contributed by atoms with Crippen LogP contribution in [0, 0.1) is 23.2 Å². The summed E-state index contributed by atoms with van der Waals surface area (Å²) < 4.78 is 32.1. The summed E-state index contributed by atoms with van der Waals surface area (Å²) in [7, 11) is -3.73. The predicted molar refractivity (Wildman–Crippen MR) is 114 cm³/mol. The second-order valence-corrected chi connectivity index (χ2v) is 10.1. The molecule has 1 aliphatic carbocycles. The summed E-state index contributed by atoms with van der Waals surface area (Å²) in [6, 6.07) is 14.9. The van der Waals surface area contributed by atoms with Gasteiger partial charge >= 0.3 is 0 Å². The highest BCUT2D eigenvalue weighted by atomic mass is 35.5. The zero-order valence-electron chi connectivity index (χ0n) is 15.9. The van der Waals surface area contributed by atoms with E-state index in [1.54, 1.807) is 36.4 Å². The van der Waals surface area contributed by atoms with Crippen molar-refractivity contribution >= 4 is 38.9 Å². The van der Waals surface area contributed by atoms with Crippen LogP contribution < -0.4 is 10.1 Å². The molecule has 9 heteroatoms. The van der Waals surface area contributed by atoms with Gasteiger partial charge in [-0.3, -0.25) is 4.79 Å². The molecule has 2 aromatic rings. The van der Waals surface area contributed by atoms with E-state index < -0.39 is 21.0 Å². The van der Waals surface area contributed by atoms with Crippen molar-refractivity contribution in [2.24, 2.45) is 11.8 Å². The van der Waals surface area contributed by atoms with Crippen LogP contribution in [0.3, 0.4) is 0 Å². The van der Waals surface area contributed by atoms with E-state index >= 15 is 0 Å². The van der Waals surface area contributed by atoms with E-state index in [0.717, 1.165) is 0 Å². The summed E-state index contributed by atoms with van der Waals surface area (Å²) in [5.41, 5.74) is 0. The van der Waals surface area contributed by atoms with E-state index in [9.17, 15) is 13.2 Å². The number of hydrogen-bond acceptors (Lipinski definition) is 5. The normalized spacial score (nSPS) is 21.0. The van der Waals surface area contributed by atoms with Crippen molar-refractivity contribution in [3.63, 3.8) is 0 Å². The maximum atomic E-state index is 13.2. The van der Waals surface area contributed by atoms with Gasteiger partial charge in [-0.15, -0.1) is 0 Å². The maximum Gasteiger partial charge on any atom is 0.224 e. The molecule has 3 atom stereocenters. The fourth-order valence-electron chi connectivity index (χ4n) is 3.68. The van der Waals surface area contributed by atoms with Gasteiger partial charge in [0.1, 0.15) is 12.3 Å². The van der Waals surface area contributed by atoms with Crippen LogP contribution in [0.25, 0.3) is 0 Å². The summed E-state index contributed by atoms with van der Waals surface area (Å²) >= 11 is 12.0. The topological polar surface area (TPSA) is 96.3 Å². The highest BCUT2D eigenvalue weighted by molar-refractivity contribution is 7.92. The Bertz CT molecular complexity index is 1050. The molecule has 3 rings (SSSR count). The lowest BCUT2D eigenvalue weighted by molar-refractivity contribution is -0.126. The minimum absolute atomic E-state index is 0.0621. The fourth-order valence-corrected chi connectivity index (χ4v) is 6.19. The van der Waals surface area contributed by atoms with E-state index in [0.29, 0.717) is 10.8 Å². The first-order chi connectivity index (χ1) is 14.3. The molecule has 0 saturated heterocycles. The third-order valence-electron chi connectivity index (χ3n) is 5.19. The highest BCUT2D eigenvalue weighted by Gasteiger charge is 2.45. The third-order valence-corrected chi connectivity index (χ3v) is 8.11. The van der Waals surface area contributed by atoms with Gasteiger partial charge in [0.2, 0.25) is 5.91 Å². The summed E-state index contributed by atoms with van der Waals surface area (Å²) in [5, 5.41) is 11.2. The largest absolute Gasteiger partial charge is 0.493 e. The Morgan fingerprint density at radius 2 is 1.83 bits per heavy atom. The first-order valence-corrected chi connectivity index (χ1v) is 11.6. The van der Waals surface area contributed by atoms with Gasteiger partial charge in [0, 0.05) is 16.9 Å². The van der Waals surface area contributed by atoms with Gasteiger partial charge in [-0.25, -0.2) is 8.42 Å². The third kappa shape index (κ3) is 5.07. The lowest BCUT2D eigenvalue weighted by Gasteiger charge is -2.18. The number of rotatable bonds is 7. The molecule has 1 amide bonds. The first kappa shape index (κ1) is 22.4. The molecule has 30 heavy (non-hydrogen) atoms. The molecule has 158 valence electrons. The molecule has 0 unspecified atom stereocenters. The Morgan fingerprint density at radius 1 is 1.13 bits per heavy atom. The molecule has 1 aliphatic rings. The van der Waals surface area contributed by atoms with Crippen LogP contribution in [-0.4, -0.2) is 32.7 Å². The molecule has 0 aliphatic heterocycles. The molecule has 0 radical (unpaired) electrons. The zero-order chi connectivity index (χ0) is 21.7. The molecule has 0 bridgehead atoms. The number of carbonyl (C=O) groups excluding carboxylic acids is 1. The van der Waals surface area contributed by atoms with Crippen LogP contribution in [0.4, 0.5) is 0 Å². The van der Waals surface area contributed by atoms with E-state index in [2.05, 4.69) is 5.32 Å². The fraction of sp³-hybridized carbons (Fsp3) is 0.333. The highest BCUT2D eigenvalue weighted by Crippen LogP contribution is 2.40. The molecule has 2 aromatic carbocycles. The molecule has 1 N–H and O–H groups in total. The van der Waals surface area contributed by atoms with Crippen molar-refractivity contribution in [1.82, 2.24) is 5.32 Å². The molecule has 0 spiro atoms. The average molecular weight is 467 g/mol. The molecule has 0 heterocycles. The minimum atomic E-state index is -3.73. The van der Waals surface area contributed by atoms with Crippen LogP contribution in [0.15, 0.2) is 53.4 Å². The van der Waals surface area contributed by atoms with Gasteiger partial charge in [0.15, 0.2) is 9.84 Å². The lowest BCUT2D eigenvalue weighted by atomic mass is 9.96. The van der Waals surface area contributed by atoms with Gasteiger partial charge in [-0.1, -0.05) is 35.3 Å². The van der Waals surface area contributed by atoms with Crippen LogP contribution >= 0.6 is 23.2 Å². The molecule has 0 aromatic heterocycles. The molecule has 1 saturated carbocycles. The van der Waals surface area contributed by atoms with E-state index in [1.807, 2.05) is 6.07 Å². The number of nitrogens with one attached hydrogen (secondary N) is 1. The lowest BCUT2D eigenvalue weighted by Crippen LogP contribution is -2.34. The number of nitrogens with zero attached hydrogens (tertiary/aromatic N) is 1. The average Bonchev–Trinajstić information content (AvgIpc) is 3.17. The number of sulfone groups is 1. The number of nitriles is 1. The Kier molecular flexibility index (Phi) is 7.24. The summed E-state index contributed by atoms with van der Waals surface area (Å²) in [4.78, 5) is 12.7. The predicted octanol–water partition coefficient (Wildman–Crippen LogP) is 3.88. The summed E-state index contributed by atoms with van der Waals surface area (Å²) in [6.07, 6.45) is 0.394. The maximum absolute atomic E-state index is 13.2. The van der Waals surface area contributed by atoms with Gasteiger partial charge in [-0.2, -0.15) is 5.26 Å². The summed E-state index contributed by atoms with van der Waals surface area (Å²) in [5.74, 6) is -0.694. The second kappa shape index (κ2) is 9.69. The first-order valence-electron chi connectivity index (χ1n) is 9.34. The van der Waals surface area contributed by atoms with Crippen LogP contribution in [0.2, 0.25) is 10.0 Å². The number of amides is 1. The number of hydrogen-bond donors (Lipinski definition) is 1. The Hall–Kier alpha value is -2.27. The van der Waals surface area contributed by atoms with Crippen molar-refractivity contribution in [2.75, 3.05) is 13.2 Å². The smallest absolute Gasteiger partial charge is 0.224 e. The van der Waals surface area contributed by atoms with Crippen LogP contribution in [0.5, 0.6) is 5.75 Å². The van der Waals surface area contributed by atoms with Crippen molar-refractivity contribution in [3.05, 3.63) is 58.6 Å². The van der Waals surface area contributed by atoms with Crippen molar-refractivity contribution in [1.29, 1.82) is 5.26 Å².